The number of hydrogen-bond donors (Lipinski definition) is 2. The summed E-state index contributed by atoms with van der Waals surface area (Å²) in [4.78, 5) is 46.4. The molecule has 0 unspecified atom stereocenters. The molecule has 0 aromatic heterocycles. The van der Waals surface area contributed by atoms with Gasteiger partial charge in [-0.3, -0.25) is 19.3 Å². The Morgan fingerprint density at radius 1 is 1.00 bits per heavy atom. The fraction of sp³-hybridized carbons (Fsp3) is 0.656. The molecule has 4 aliphatic heterocycles. The predicted octanol–water partition coefficient (Wildman–Crippen LogP) is 4.90. The van der Waals surface area contributed by atoms with E-state index in [1.807, 2.05) is 12.2 Å². The van der Waals surface area contributed by atoms with Gasteiger partial charge in [0, 0.05) is 40.9 Å². The van der Waals surface area contributed by atoms with Crippen LogP contribution < -0.4 is 10.6 Å². The van der Waals surface area contributed by atoms with Gasteiger partial charge in [0.05, 0.1) is 17.9 Å². The largest absolute Gasteiger partial charge is 0.359 e. The van der Waals surface area contributed by atoms with E-state index >= 15 is 0 Å². The summed E-state index contributed by atoms with van der Waals surface area (Å²) >= 11 is 12.3. The molecule has 3 amide bonds. The van der Waals surface area contributed by atoms with E-state index in [4.69, 9.17) is 27.9 Å². The number of ether oxygens (including phenoxy) is 1. The van der Waals surface area contributed by atoms with Crippen LogP contribution >= 0.6 is 23.2 Å². The first-order valence-electron chi connectivity index (χ1n) is 15.6. The number of fused-ring (bicyclic) bond motifs is 1. The Balaban J connectivity index is 1.28. The third-order valence-corrected chi connectivity index (χ3v) is 11.1. The first kappa shape index (κ1) is 29.9. The van der Waals surface area contributed by atoms with Crippen molar-refractivity contribution in [3.63, 3.8) is 0 Å². The molecular formula is C32H42Cl2N4O4. The molecule has 4 fully saturated rings. The van der Waals surface area contributed by atoms with E-state index in [1.54, 1.807) is 23.1 Å². The summed E-state index contributed by atoms with van der Waals surface area (Å²) in [6.45, 7) is 8.74. The van der Waals surface area contributed by atoms with Crippen LogP contribution in [0.25, 0.3) is 0 Å². The highest BCUT2D eigenvalue weighted by Crippen LogP contribution is 2.55. The number of amides is 3. The Kier molecular flexibility index (Phi) is 8.37. The first-order valence-corrected chi connectivity index (χ1v) is 16.3. The first-order chi connectivity index (χ1) is 20.1. The van der Waals surface area contributed by atoms with Crippen molar-refractivity contribution in [1.29, 1.82) is 0 Å². The Morgan fingerprint density at radius 3 is 2.50 bits per heavy atom. The van der Waals surface area contributed by atoms with Gasteiger partial charge in [-0.05, 0) is 62.8 Å². The lowest BCUT2D eigenvalue weighted by atomic mass is 9.73. The molecule has 3 saturated heterocycles. The monoisotopic (exact) mass is 616 g/mol. The maximum Gasteiger partial charge on any atom is 0.246 e. The van der Waals surface area contributed by atoms with Gasteiger partial charge < -0.3 is 20.3 Å². The molecule has 1 aliphatic carbocycles. The lowest BCUT2D eigenvalue weighted by molar-refractivity contribution is -0.142. The van der Waals surface area contributed by atoms with E-state index in [1.165, 1.54) is 6.42 Å². The molecular weight excluding hydrogens is 575 g/mol. The van der Waals surface area contributed by atoms with Crippen molar-refractivity contribution in [2.45, 2.75) is 89.1 Å². The summed E-state index contributed by atoms with van der Waals surface area (Å²) < 4.78 is 6.53. The lowest BCUT2D eigenvalue weighted by Crippen LogP contribution is -2.58. The number of hydrogen-bond acceptors (Lipinski definition) is 5. The molecule has 2 N–H and O–H groups in total. The van der Waals surface area contributed by atoms with Crippen LogP contribution in [0.2, 0.25) is 10.0 Å². The van der Waals surface area contributed by atoms with Crippen molar-refractivity contribution < 1.29 is 19.1 Å². The maximum absolute atomic E-state index is 14.3. The topological polar surface area (TPSA) is 91.0 Å². The zero-order valence-electron chi connectivity index (χ0n) is 24.7. The van der Waals surface area contributed by atoms with Gasteiger partial charge in [0.15, 0.2) is 0 Å². The normalized spacial score (nSPS) is 37.6. The van der Waals surface area contributed by atoms with E-state index in [0.29, 0.717) is 46.7 Å². The third-order valence-electron chi connectivity index (χ3n) is 10.7. The van der Waals surface area contributed by atoms with Crippen LogP contribution in [-0.4, -0.2) is 77.0 Å². The summed E-state index contributed by atoms with van der Waals surface area (Å²) in [5.41, 5.74) is -0.731. The molecule has 4 heterocycles. The fourth-order valence-electron chi connectivity index (χ4n) is 8.13. The van der Waals surface area contributed by atoms with Crippen LogP contribution in [0.3, 0.4) is 0 Å². The smallest absolute Gasteiger partial charge is 0.246 e. The Hall–Kier alpha value is -2.13. The van der Waals surface area contributed by atoms with Crippen molar-refractivity contribution in [2.75, 3.05) is 25.0 Å². The number of rotatable bonds is 7. The van der Waals surface area contributed by atoms with Crippen molar-refractivity contribution in [3.8, 4) is 0 Å². The molecule has 1 spiro atoms. The molecule has 42 heavy (non-hydrogen) atoms. The van der Waals surface area contributed by atoms with Crippen molar-refractivity contribution in [3.05, 3.63) is 40.4 Å². The van der Waals surface area contributed by atoms with E-state index in [-0.39, 0.29) is 23.8 Å². The molecule has 1 saturated carbocycles. The zero-order valence-corrected chi connectivity index (χ0v) is 26.2. The minimum absolute atomic E-state index is 0.0463. The minimum Gasteiger partial charge on any atom is -0.359 e. The zero-order chi connectivity index (χ0) is 29.8. The van der Waals surface area contributed by atoms with Gasteiger partial charge in [0.1, 0.15) is 11.6 Å². The minimum atomic E-state index is -1.18. The van der Waals surface area contributed by atoms with Crippen LogP contribution in [0.15, 0.2) is 30.4 Å². The number of likely N-dealkylation sites (tertiary alicyclic amines) is 2. The van der Waals surface area contributed by atoms with Crippen molar-refractivity contribution >= 4 is 46.6 Å². The van der Waals surface area contributed by atoms with Gasteiger partial charge in [-0.2, -0.15) is 0 Å². The van der Waals surface area contributed by atoms with Crippen molar-refractivity contribution in [1.82, 2.24) is 15.1 Å². The SMILES string of the molecule is C[C@@H]1[C@H](C)CCC[C@@H]1NC(=O)[C@@H]1N(CCN2CCCC[C@@H]2C)C(=O)[C@@H]2[C@@H](C(=O)Nc3cc(Cl)cc(Cl)c3)[C@@H]3C=C[C@]21O3. The van der Waals surface area contributed by atoms with Crippen LogP contribution in [0.4, 0.5) is 5.69 Å². The fourth-order valence-corrected chi connectivity index (χ4v) is 8.66. The molecule has 9 atom stereocenters. The number of nitrogens with one attached hydrogen (secondary N) is 2. The second kappa shape index (κ2) is 11.8. The van der Waals surface area contributed by atoms with Gasteiger partial charge in [0.2, 0.25) is 17.7 Å². The van der Waals surface area contributed by atoms with E-state index in [2.05, 4.69) is 36.3 Å². The van der Waals surface area contributed by atoms with Crippen LogP contribution in [0.1, 0.15) is 59.3 Å². The second-order valence-electron chi connectivity index (χ2n) is 13.1. The number of carbonyl (C=O) groups excluding carboxylic acids is 3. The molecule has 2 bridgehead atoms. The molecule has 5 aliphatic rings. The Bertz CT molecular complexity index is 1250. The van der Waals surface area contributed by atoms with Crippen LogP contribution in [-0.2, 0) is 19.1 Å². The van der Waals surface area contributed by atoms with E-state index < -0.39 is 29.6 Å². The summed E-state index contributed by atoms with van der Waals surface area (Å²) in [5, 5.41) is 7.04. The number of piperidine rings is 1. The summed E-state index contributed by atoms with van der Waals surface area (Å²) in [7, 11) is 0. The highest BCUT2D eigenvalue weighted by atomic mass is 35.5. The Morgan fingerprint density at radius 2 is 1.76 bits per heavy atom. The quantitative estimate of drug-likeness (QED) is 0.425. The highest BCUT2D eigenvalue weighted by Gasteiger charge is 2.72. The molecule has 0 radical (unpaired) electrons. The number of halogens is 2. The number of anilines is 1. The second-order valence-corrected chi connectivity index (χ2v) is 14.0. The van der Waals surface area contributed by atoms with E-state index in [9.17, 15) is 14.4 Å². The Labute approximate surface area is 258 Å². The number of carbonyl (C=O) groups is 3. The number of benzene rings is 1. The van der Waals surface area contributed by atoms with Crippen LogP contribution in [0.5, 0.6) is 0 Å². The van der Waals surface area contributed by atoms with Gasteiger partial charge in [-0.15, -0.1) is 0 Å². The molecule has 10 heteroatoms. The molecule has 8 nitrogen and oxygen atoms in total. The highest BCUT2D eigenvalue weighted by molar-refractivity contribution is 6.35. The van der Waals surface area contributed by atoms with Gasteiger partial charge >= 0.3 is 0 Å². The average molecular weight is 618 g/mol. The van der Waals surface area contributed by atoms with E-state index in [0.717, 1.165) is 38.6 Å². The predicted molar refractivity (Wildman–Crippen MR) is 163 cm³/mol. The molecule has 1 aromatic carbocycles. The summed E-state index contributed by atoms with van der Waals surface area (Å²) in [5.74, 6) is -1.43. The third kappa shape index (κ3) is 5.27. The lowest BCUT2D eigenvalue weighted by Gasteiger charge is -2.39. The van der Waals surface area contributed by atoms with Gasteiger partial charge in [-0.25, -0.2) is 0 Å². The average Bonchev–Trinajstić information content (AvgIpc) is 3.57. The maximum atomic E-state index is 14.3. The summed E-state index contributed by atoms with van der Waals surface area (Å²) in [6.07, 6.45) is 9.75. The standard InChI is InChI=1S/C32H42Cl2N4O4/c1-18-7-6-9-24(20(18)3)36-30(40)28-32-11-10-25(42-32)26(29(39)35-23-16-21(33)15-22(34)17-23)27(32)31(41)38(28)14-13-37-12-5-4-8-19(37)2/h10-11,15-20,24-28H,4-9,12-14H2,1-3H3,(H,35,39)(H,36,40)/t18-,19+,20-,24+,25+,26+,27+,28+,32+/m1/s1. The molecule has 6 rings (SSSR count). The summed E-state index contributed by atoms with van der Waals surface area (Å²) in [6, 6.07) is 4.48. The molecule has 1 aromatic rings. The van der Waals surface area contributed by atoms with Gasteiger partial charge in [-0.1, -0.05) is 68.5 Å². The van der Waals surface area contributed by atoms with Crippen molar-refractivity contribution in [2.24, 2.45) is 23.7 Å². The van der Waals surface area contributed by atoms with Gasteiger partial charge in [0.25, 0.3) is 0 Å². The molecule has 228 valence electrons. The van der Waals surface area contributed by atoms with Crippen LogP contribution in [0, 0.1) is 23.7 Å². The number of nitrogens with zero attached hydrogens (tertiary/aromatic N) is 2.